The molecule has 2 aromatic heterocycles. The van der Waals surface area contributed by atoms with E-state index in [-0.39, 0.29) is 11.9 Å². The molecule has 8 heteroatoms. The second-order valence-electron chi connectivity index (χ2n) is 5.19. The molecule has 1 amide bonds. The maximum absolute atomic E-state index is 12.8. The van der Waals surface area contributed by atoms with Gasteiger partial charge < -0.3 is 9.64 Å². The summed E-state index contributed by atoms with van der Waals surface area (Å²) in [5.41, 5.74) is 1.14. The number of aromatic nitrogens is 4. The van der Waals surface area contributed by atoms with E-state index in [0.717, 1.165) is 18.7 Å². The van der Waals surface area contributed by atoms with Gasteiger partial charge >= 0.3 is 0 Å². The Bertz CT molecular complexity index is 640. The average molecular weight is 324 g/mol. The molecule has 7 nitrogen and oxygen atoms in total. The van der Waals surface area contributed by atoms with Crippen LogP contribution in [0, 0.1) is 0 Å². The van der Waals surface area contributed by atoms with Gasteiger partial charge in [0.15, 0.2) is 5.69 Å². The van der Waals surface area contributed by atoms with Gasteiger partial charge in [0.2, 0.25) is 0 Å². The molecule has 22 heavy (non-hydrogen) atoms. The van der Waals surface area contributed by atoms with Crippen LogP contribution < -0.4 is 0 Å². The fraction of sp³-hybridized carbons (Fsp3) is 0.500. The molecule has 1 aliphatic rings. The number of hydrogen-bond acceptors (Lipinski definition) is 4. The van der Waals surface area contributed by atoms with Crippen molar-refractivity contribution in [3.8, 4) is 0 Å². The Balaban J connectivity index is 1.86. The van der Waals surface area contributed by atoms with E-state index in [9.17, 15) is 4.79 Å². The van der Waals surface area contributed by atoms with Crippen LogP contribution >= 0.6 is 11.6 Å². The van der Waals surface area contributed by atoms with Gasteiger partial charge in [0.25, 0.3) is 5.91 Å². The average Bonchev–Trinajstić information content (AvgIpc) is 3.17. The van der Waals surface area contributed by atoms with E-state index in [2.05, 4.69) is 15.3 Å². The maximum atomic E-state index is 12.8. The van der Waals surface area contributed by atoms with Crippen molar-refractivity contribution in [2.75, 3.05) is 19.8 Å². The zero-order valence-electron chi connectivity index (χ0n) is 12.3. The van der Waals surface area contributed by atoms with Gasteiger partial charge in [-0.25, -0.2) is 0 Å². The first-order chi connectivity index (χ1) is 10.7. The highest BCUT2D eigenvalue weighted by atomic mass is 35.5. The van der Waals surface area contributed by atoms with Gasteiger partial charge in [-0.2, -0.15) is 10.2 Å². The van der Waals surface area contributed by atoms with Crippen LogP contribution in [0.4, 0.5) is 0 Å². The molecule has 1 atom stereocenters. The van der Waals surface area contributed by atoms with Crippen molar-refractivity contribution in [3.63, 3.8) is 0 Å². The first-order valence-electron chi connectivity index (χ1n) is 7.31. The fourth-order valence-corrected chi connectivity index (χ4v) is 2.81. The number of nitrogens with zero attached hydrogens (tertiary/aromatic N) is 4. The summed E-state index contributed by atoms with van der Waals surface area (Å²) in [7, 11) is 0. The third kappa shape index (κ3) is 2.86. The smallest absolute Gasteiger partial charge is 0.276 e. The molecule has 0 spiro atoms. The molecule has 1 fully saturated rings. The predicted octanol–water partition coefficient (Wildman–Crippen LogP) is 1.88. The minimum atomic E-state index is -0.198. The monoisotopic (exact) mass is 323 g/mol. The summed E-state index contributed by atoms with van der Waals surface area (Å²) in [6.45, 7) is 4.22. The summed E-state index contributed by atoms with van der Waals surface area (Å²) in [5, 5.41) is 11.5. The van der Waals surface area contributed by atoms with Gasteiger partial charge in [-0.1, -0.05) is 18.5 Å². The number of rotatable bonds is 4. The quantitative estimate of drug-likeness (QED) is 0.932. The van der Waals surface area contributed by atoms with Gasteiger partial charge in [-0.3, -0.25) is 14.6 Å². The lowest BCUT2D eigenvalue weighted by Gasteiger charge is -2.34. The molecular weight excluding hydrogens is 306 g/mol. The number of nitrogens with one attached hydrogen (secondary N) is 1. The molecule has 2 aromatic rings. The number of aromatic amines is 1. The van der Waals surface area contributed by atoms with E-state index >= 15 is 0 Å². The fourth-order valence-electron chi connectivity index (χ4n) is 2.58. The Kier molecular flexibility index (Phi) is 4.44. The zero-order valence-corrected chi connectivity index (χ0v) is 13.1. The first kappa shape index (κ1) is 15.1. The molecule has 0 saturated carbocycles. The molecule has 1 saturated heterocycles. The van der Waals surface area contributed by atoms with Crippen molar-refractivity contribution < 1.29 is 9.53 Å². The molecule has 3 rings (SSSR count). The van der Waals surface area contributed by atoms with Crippen LogP contribution in [-0.4, -0.2) is 50.5 Å². The SMILES string of the molecule is CCCn1cc(Cl)c(C(=O)N2CCOC[C@@H]2c2ccn[nH]2)n1. The number of morpholine rings is 1. The number of aryl methyl sites for hydroxylation is 1. The lowest BCUT2D eigenvalue weighted by molar-refractivity contribution is -0.00425. The third-order valence-corrected chi connectivity index (χ3v) is 3.92. The topological polar surface area (TPSA) is 76.0 Å². The molecular formula is C14H18ClN5O2. The lowest BCUT2D eigenvalue weighted by Crippen LogP contribution is -2.43. The molecule has 0 aromatic carbocycles. The Morgan fingerprint density at radius 2 is 2.45 bits per heavy atom. The molecule has 3 heterocycles. The van der Waals surface area contributed by atoms with Crippen LogP contribution in [-0.2, 0) is 11.3 Å². The van der Waals surface area contributed by atoms with Crippen LogP contribution in [0.5, 0.6) is 0 Å². The van der Waals surface area contributed by atoms with E-state index < -0.39 is 0 Å². The second kappa shape index (κ2) is 6.50. The van der Waals surface area contributed by atoms with Crippen molar-refractivity contribution in [2.45, 2.75) is 25.9 Å². The number of carbonyl (C=O) groups excluding carboxylic acids is 1. The number of amides is 1. The largest absolute Gasteiger partial charge is 0.377 e. The standard InChI is InChI=1S/C14H18ClN5O2/c1-2-5-19-8-10(15)13(18-19)14(21)20-6-7-22-9-12(20)11-3-4-16-17-11/h3-4,8,12H,2,5-7,9H2,1H3,(H,16,17)/t12-/m1/s1. The molecule has 0 unspecified atom stereocenters. The highest BCUT2D eigenvalue weighted by Crippen LogP contribution is 2.26. The van der Waals surface area contributed by atoms with Crippen LogP contribution in [0.1, 0.15) is 35.6 Å². The van der Waals surface area contributed by atoms with Crippen LogP contribution in [0.3, 0.4) is 0 Å². The van der Waals surface area contributed by atoms with Crippen LogP contribution in [0.15, 0.2) is 18.5 Å². The number of hydrogen-bond donors (Lipinski definition) is 1. The van der Waals surface area contributed by atoms with Crippen molar-refractivity contribution in [1.29, 1.82) is 0 Å². The van der Waals surface area contributed by atoms with Crippen molar-refractivity contribution >= 4 is 17.5 Å². The summed E-state index contributed by atoms with van der Waals surface area (Å²) in [6.07, 6.45) is 4.29. The van der Waals surface area contributed by atoms with E-state index in [1.165, 1.54) is 0 Å². The van der Waals surface area contributed by atoms with Gasteiger partial charge in [0, 0.05) is 25.5 Å². The Morgan fingerprint density at radius 3 is 3.18 bits per heavy atom. The summed E-state index contributed by atoms with van der Waals surface area (Å²) in [5.74, 6) is -0.178. The van der Waals surface area contributed by atoms with Gasteiger partial charge in [-0.15, -0.1) is 0 Å². The predicted molar refractivity (Wildman–Crippen MR) is 80.7 cm³/mol. The summed E-state index contributed by atoms with van der Waals surface area (Å²) in [6, 6.07) is 1.65. The van der Waals surface area contributed by atoms with Crippen LogP contribution in [0.25, 0.3) is 0 Å². The Morgan fingerprint density at radius 1 is 1.59 bits per heavy atom. The third-order valence-electron chi connectivity index (χ3n) is 3.64. The van der Waals surface area contributed by atoms with Crippen molar-refractivity contribution in [3.05, 3.63) is 34.9 Å². The van der Waals surface area contributed by atoms with Crippen molar-refractivity contribution in [2.24, 2.45) is 0 Å². The zero-order chi connectivity index (χ0) is 15.5. The van der Waals surface area contributed by atoms with E-state index in [0.29, 0.717) is 30.5 Å². The van der Waals surface area contributed by atoms with E-state index in [1.54, 1.807) is 22.0 Å². The number of halogens is 1. The Hall–Kier alpha value is -1.86. The van der Waals surface area contributed by atoms with E-state index in [1.807, 2.05) is 13.0 Å². The molecule has 0 bridgehead atoms. The van der Waals surface area contributed by atoms with Crippen molar-refractivity contribution in [1.82, 2.24) is 24.9 Å². The highest BCUT2D eigenvalue weighted by Gasteiger charge is 2.32. The molecule has 1 N–H and O–H groups in total. The van der Waals surface area contributed by atoms with Gasteiger partial charge in [0.05, 0.1) is 30.0 Å². The summed E-state index contributed by atoms with van der Waals surface area (Å²) < 4.78 is 7.21. The highest BCUT2D eigenvalue weighted by molar-refractivity contribution is 6.33. The minimum Gasteiger partial charge on any atom is -0.377 e. The normalized spacial score (nSPS) is 18.6. The molecule has 0 aliphatic carbocycles. The first-order valence-corrected chi connectivity index (χ1v) is 7.69. The van der Waals surface area contributed by atoms with E-state index in [4.69, 9.17) is 16.3 Å². The van der Waals surface area contributed by atoms with Gasteiger partial charge in [-0.05, 0) is 12.5 Å². The minimum absolute atomic E-state index is 0.178. The summed E-state index contributed by atoms with van der Waals surface area (Å²) in [4.78, 5) is 14.6. The number of carbonyl (C=O) groups is 1. The maximum Gasteiger partial charge on any atom is 0.276 e. The number of ether oxygens (including phenoxy) is 1. The number of H-pyrrole nitrogens is 1. The van der Waals surface area contributed by atoms with Crippen LogP contribution in [0.2, 0.25) is 5.02 Å². The summed E-state index contributed by atoms with van der Waals surface area (Å²) >= 11 is 6.19. The molecule has 1 aliphatic heterocycles. The lowest BCUT2D eigenvalue weighted by atomic mass is 10.1. The van der Waals surface area contributed by atoms with Gasteiger partial charge in [0.1, 0.15) is 0 Å². The second-order valence-corrected chi connectivity index (χ2v) is 5.60. The molecule has 118 valence electrons. The Labute approximate surface area is 133 Å². The molecule has 0 radical (unpaired) electrons.